The van der Waals surface area contributed by atoms with E-state index < -0.39 is 0 Å². The van der Waals surface area contributed by atoms with Gasteiger partial charge in [-0.15, -0.1) is 0 Å². The highest BCUT2D eigenvalue weighted by molar-refractivity contribution is 5.76. The molecule has 0 spiro atoms. The number of aliphatic hydroxyl groups excluding tert-OH is 2. The van der Waals surface area contributed by atoms with Crippen LogP contribution in [0.5, 0.6) is 0 Å². The quantitative estimate of drug-likeness (QED) is 0.380. The highest BCUT2D eigenvalue weighted by atomic mass is 16.3. The summed E-state index contributed by atoms with van der Waals surface area (Å²) in [5.41, 5.74) is 2.04. The first-order valence-electron chi connectivity index (χ1n) is 9.48. The van der Waals surface area contributed by atoms with Crippen LogP contribution in [0.1, 0.15) is 62.5 Å². The minimum absolute atomic E-state index is 0.0282. The first-order valence-corrected chi connectivity index (χ1v) is 9.48. The monoisotopic (exact) mass is 364 g/mol. The van der Waals surface area contributed by atoms with Crippen LogP contribution in [-0.4, -0.2) is 35.2 Å². The van der Waals surface area contributed by atoms with Crippen molar-refractivity contribution in [1.82, 2.24) is 10.6 Å². The number of rotatable bonds is 14. The van der Waals surface area contributed by atoms with E-state index in [1.807, 2.05) is 24.3 Å². The number of amides is 2. The van der Waals surface area contributed by atoms with Gasteiger partial charge in [-0.25, -0.2) is 0 Å². The van der Waals surface area contributed by atoms with Crippen LogP contribution in [0.25, 0.3) is 0 Å². The van der Waals surface area contributed by atoms with Crippen molar-refractivity contribution in [2.45, 2.75) is 64.5 Å². The van der Waals surface area contributed by atoms with Gasteiger partial charge in [-0.05, 0) is 36.8 Å². The molecular formula is C20H32N2O4. The summed E-state index contributed by atoms with van der Waals surface area (Å²) >= 11 is 0. The Labute approximate surface area is 156 Å². The molecule has 2 amide bonds. The van der Waals surface area contributed by atoms with Crippen LogP contribution in [0.4, 0.5) is 0 Å². The van der Waals surface area contributed by atoms with Gasteiger partial charge >= 0.3 is 0 Å². The molecule has 0 heterocycles. The van der Waals surface area contributed by atoms with Crippen LogP contribution >= 0.6 is 0 Å². The van der Waals surface area contributed by atoms with Crippen molar-refractivity contribution in [3.05, 3.63) is 35.4 Å². The van der Waals surface area contributed by atoms with Crippen molar-refractivity contribution in [2.75, 3.05) is 13.2 Å². The van der Waals surface area contributed by atoms with Crippen LogP contribution in [0.3, 0.4) is 0 Å². The van der Waals surface area contributed by atoms with E-state index in [2.05, 4.69) is 10.6 Å². The van der Waals surface area contributed by atoms with Gasteiger partial charge in [0.05, 0.1) is 0 Å². The molecule has 6 heteroatoms. The zero-order valence-corrected chi connectivity index (χ0v) is 15.5. The molecule has 0 aliphatic heterocycles. The van der Waals surface area contributed by atoms with E-state index in [0.717, 1.165) is 49.7 Å². The summed E-state index contributed by atoms with van der Waals surface area (Å²) in [7, 11) is 0. The Kier molecular flexibility index (Phi) is 12.1. The molecule has 0 aromatic heterocycles. The number of hydrogen-bond donors (Lipinski definition) is 4. The summed E-state index contributed by atoms with van der Waals surface area (Å²) < 4.78 is 0. The van der Waals surface area contributed by atoms with Gasteiger partial charge in [-0.2, -0.15) is 0 Å². The maximum atomic E-state index is 11.7. The smallest absolute Gasteiger partial charge is 0.220 e. The number of unbranched alkanes of at least 4 members (excludes halogenated alkanes) is 4. The molecular weight excluding hydrogens is 332 g/mol. The molecule has 0 aliphatic carbocycles. The predicted octanol–water partition coefficient (Wildman–Crippen LogP) is 2.02. The van der Waals surface area contributed by atoms with Crippen molar-refractivity contribution in [2.24, 2.45) is 0 Å². The molecule has 0 bridgehead atoms. The molecule has 6 nitrogen and oxygen atoms in total. The van der Waals surface area contributed by atoms with Crippen molar-refractivity contribution in [3.63, 3.8) is 0 Å². The molecule has 0 fully saturated rings. The molecule has 0 unspecified atom stereocenters. The maximum absolute atomic E-state index is 11.7. The summed E-state index contributed by atoms with van der Waals surface area (Å²) in [5.74, 6) is 0.0564. The van der Waals surface area contributed by atoms with E-state index in [4.69, 9.17) is 10.2 Å². The number of carbonyl (C=O) groups is 2. The standard InChI is InChI=1S/C20H32N2O4/c23-13-5-1-3-7-19(25)21-15-17-9-11-18(12-10-17)16-22-20(26)8-4-2-6-14-24/h9-12,23-24H,1-8,13-16H2,(H,21,25)(H,22,26). The van der Waals surface area contributed by atoms with Gasteiger partial charge < -0.3 is 20.8 Å². The molecule has 26 heavy (non-hydrogen) atoms. The van der Waals surface area contributed by atoms with Crippen LogP contribution in [0.15, 0.2) is 24.3 Å². The average Bonchev–Trinajstić information content (AvgIpc) is 2.66. The third-order valence-electron chi connectivity index (χ3n) is 4.13. The fourth-order valence-electron chi connectivity index (χ4n) is 2.50. The molecule has 0 atom stereocenters. The molecule has 4 N–H and O–H groups in total. The van der Waals surface area contributed by atoms with Gasteiger partial charge in [-0.3, -0.25) is 9.59 Å². The minimum atomic E-state index is 0.0282. The first kappa shape index (κ1) is 22.1. The second-order valence-corrected chi connectivity index (χ2v) is 6.44. The summed E-state index contributed by atoms with van der Waals surface area (Å²) in [4.78, 5) is 23.4. The molecule has 1 rings (SSSR count). The lowest BCUT2D eigenvalue weighted by Gasteiger charge is -2.08. The SMILES string of the molecule is O=C(CCCCCO)NCc1ccc(CNC(=O)CCCCCO)cc1. The largest absolute Gasteiger partial charge is 0.396 e. The molecule has 0 aliphatic rings. The number of hydrogen-bond acceptors (Lipinski definition) is 4. The van der Waals surface area contributed by atoms with Crippen LogP contribution in [0, 0.1) is 0 Å². The first-order chi connectivity index (χ1) is 12.7. The second-order valence-electron chi connectivity index (χ2n) is 6.44. The lowest BCUT2D eigenvalue weighted by molar-refractivity contribution is -0.122. The van der Waals surface area contributed by atoms with Crippen molar-refractivity contribution < 1.29 is 19.8 Å². The van der Waals surface area contributed by atoms with Crippen LogP contribution in [0.2, 0.25) is 0 Å². The molecule has 0 radical (unpaired) electrons. The Morgan fingerprint density at radius 2 is 1.04 bits per heavy atom. The summed E-state index contributed by atoms with van der Waals surface area (Å²) in [6, 6.07) is 7.81. The van der Waals surface area contributed by atoms with E-state index in [1.165, 1.54) is 0 Å². The van der Waals surface area contributed by atoms with Crippen molar-refractivity contribution in [3.8, 4) is 0 Å². The summed E-state index contributed by atoms with van der Waals surface area (Å²) in [6.07, 6.45) is 5.79. The van der Waals surface area contributed by atoms with Crippen molar-refractivity contribution in [1.29, 1.82) is 0 Å². The molecule has 146 valence electrons. The van der Waals surface area contributed by atoms with Crippen LogP contribution in [-0.2, 0) is 22.7 Å². The third kappa shape index (κ3) is 10.8. The van der Waals surface area contributed by atoms with Gasteiger partial charge in [0, 0.05) is 39.1 Å². The zero-order valence-electron chi connectivity index (χ0n) is 15.5. The Balaban J connectivity index is 2.20. The minimum Gasteiger partial charge on any atom is -0.396 e. The van der Waals surface area contributed by atoms with E-state index in [1.54, 1.807) is 0 Å². The Morgan fingerprint density at radius 1 is 0.654 bits per heavy atom. The number of benzene rings is 1. The summed E-state index contributed by atoms with van der Waals surface area (Å²) in [5, 5.41) is 23.2. The highest BCUT2D eigenvalue weighted by Gasteiger charge is 2.03. The van der Waals surface area contributed by atoms with E-state index >= 15 is 0 Å². The molecule has 0 saturated carbocycles. The lowest BCUT2D eigenvalue weighted by atomic mass is 10.1. The molecule has 1 aromatic rings. The maximum Gasteiger partial charge on any atom is 0.220 e. The van der Waals surface area contributed by atoms with E-state index in [-0.39, 0.29) is 25.0 Å². The lowest BCUT2D eigenvalue weighted by Crippen LogP contribution is -2.23. The Hall–Kier alpha value is -1.92. The van der Waals surface area contributed by atoms with Gasteiger partial charge in [0.15, 0.2) is 0 Å². The van der Waals surface area contributed by atoms with Gasteiger partial charge in [0.2, 0.25) is 11.8 Å². The molecule has 0 saturated heterocycles. The van der Waals surface area contributed by atoms with E-state index in [9.17, 15) is 9.59 Å². The zero-order chi connectivity index (χ0) is 19.0. The fraction of sp³-hybridized carbons (Fsp3) is 0.600. The Morgan fingerprint density at radius 3 is 1.38 bits per heavy atom. The normalized spacial score (nSPS) is 10.5. The topological polar surface area (TPSA) is 98.7 Å². The molecule has 1 aromatic carbocycles. The Bertz CT molecular complexity index is 470. The third-order valence-corrected chi connectivity index (χ3v) is 4.13. The number of carbonyl (C=O) groups excluding carboxylic acids is 2. The average molecular weight is 364 g/mol. The number of nitrogens with one attached hydrogen (secondary N) is 2. The van der Waals surface area contributed by atoms with Gasteiger partial charge in [0.25, 0.3) is 0 Å². The fourth-order valence-corrected chi connectivity index (χ4v) is 2.50. The highest BCUT2D eigenvalue weighted by Crippen LogP contribution is 2.06. The summed E-state index contributed by atoms with van der Waals surface area (Å²) in [6.45, 7) is 1.35. The van der Waals surface area contributed by atoms with Crippen molar-refractivity contribution >= 4 is 11.8 Å². The van der Waals surface area contributed by atoms with Crippen LogP contribution < -0.4 is 10.6 Å². The van der Waals surface area contributed by atoms with Gasteiger partial charge in [0.1, 0.15) is 0 Å². The number of aliphatic hydroxyl groups is 2. The van der Waals surface area contributed by atoms with Gasteiger partial charge in [-0.1, -0.05) is 37.1 Å². The second kappa shape index (κ2) is 14.3. The predicted molar refractivity (Wildman–Crippen MR) is 101 cm³/mol. The van der Waals surface area contributed by atoms with E-state index in [0.29, 0.717) is 25.9 Å².